The molecule has 2 aliphatic rings. The van der Waals surface area contributed by atoms with E-state index < -0.39 is 0 Å². The summed E-state index contributed by atoms with van der Waals surface area (Å²) in [7, 11) is 0. The van der Waals surface area contributed by atoms with Gasteiger partial charge in [-0.15, -0.1) is 0 Å². The van der Waals surface area contributed by atoms with E-state index in [1.807, 2.05) is 6.07 Å². The lowest BCUT2D eigenvalue weighted by atomic mass is 9.76. The van der Waals surface area contributed by atoms with E-state index in [2.05, 4.69) is 17.5 Å². The Morgan fingerprint density at radius 3 is 2.74 bits per heavy atom. The number of benzene rings is 2. The number of rotatable bonds is 2. The minimum Gasteiger partial charge on any atom is -0.375 e. The topological polar surface area (TPSA) is 55.2 Å². The van der Waals surface area contributed by atoms with Crippen molar-refractivity contribution in [3.05, 3.63) is 81.7 Å². The number of nitro groups is 1. The highest BCUT2D eigenvalue weighted by molar-refractivity contribution is 5.62. The number of allylic oxidation sites excluding steroid dienone is 2. The minimum absolute atomic E-state index is 0.0791. The standard InChI is InChI=1S/C18H15FN2O2/c19-15-9-4-8-13-11-6-3-7-12(11)17(20-18(13)15)14-5-1-2-10-16(14)21(22)23/h1-6,8-12,17,20H,7H2/t11-,12-,17+/m0/s1. The Morgan fingerprint density at radius 1 is 1.13 bits per heavy atom. The van der Waals surface area contributed by atoms with Crippen molar-refractivity contribution >= 4 is 11.4 Å². The lowest BCUT2D eigenvalue weighted by molar-refractivity contribution is -0.385. The predicted octanol–water partition coefficient (Wildman–Crippen LogP) is 4.56. The van der Waals surface area contributed by atoms with Crippen LogP contribution < -0.4 is 5.32 Å². The number of hydrogen-bond acceptors (Lipinski definition) is 3. The molecule has 2 aromatic carbocycles. The molecule has 0 saturated heterocycles. The molecule has 0 spiro atoms. The van der Waals surface area contributed by atoms with Gasteiger partial charge in [-0.05, 0) is 24.0 Å². The van der Waals surface area contributed by atoms with Crippen molar-refractivity contribution in [2.24, 2.45) is 5.92 Å². The van der Waals surface area contributed by atoms with Gasteiger partial charge in [0.2, 0.25) is 0 Å². The van der Waals surface area contributed by atoms with Crippen LogP contribution in [0.5, 0.6) is 0 Å². The smallest absolute Gasteiger partial charge is 0.274 e. The maximum Gasteiger partial charge on any atom is 0.274 e. The fourth-order valence-electron chi connectivity index (χ4n) is 3.81. The van der Waals surface area contributed by atoms with Gasteiger partial charge in [0.25, 0.3) is 5.69 Å². The second kappa shape index (κ2) is 5.19. The summed E-state index contributed by atoms with van der Waals surface area (Å²) in [4.78, 5) is 11.0. The van der Waals surface area contributed by atoms with E-state index in [0.717, 1.165) is 12.0 Å². The zero-order valence-corrected chi connectivity index (χ0v) is 12.3. The number of fused-ring (bicyclic) bond motifs is 3. The molecular formula is C18H15FN2O2. The van der Waals surface area contributed by atoms with E-state index in [1.54, 1.807) is 24.3 Å². The molecule has 0 radical (unpaired) electrons. The molecule has 1 aliphatic carbocycles. The average molecular weight is 310 g/mol. The molecule has 23 heavy (non-hydrogen) atoms. The summed E-state index contributed by atoms with van der Waals surface area (Å²) in [6.45, 7) is 0. The molecule has 1 N–H and O–H groups in total. The molecule has 3 atom stereocenters. The third-order valence-corrected chi connectivity index (χ3v) is 4.81. The van der Waals surface area contributed by atoms with Crippen LogP contribution in [0, 0.1) is 21.8 Å². The number of hydrogen-bond donors (Lipinski definition) is 1. The van der Waals surface area contributed by atoms with Crippen molar-refractivity contribution in [3.63, 3.8) is 0 Å². The van der Waals surface area contributed by atoms with E-state index in [-0.39, 0.29) is 34.3 Å². The van der Waals surface area contributed by atoms with Crippen LogP contribution in [0.3, 0.4) is 0 Å². The zero-order valence-electron chi connectivity index (χ0n) is 12.3. The molecule has 1 aliphatic heterocycles. The maximum absolute atomic E-state index is 14.3. The summed E-state index contributed by atoms with van der Waals surface area (Å²) in [6, 6.07) is 11.5. The Kier molecular flexibility index (Phi) is 3.15. The van der Waals surface area contributed by atoms with Crippen LogP contribution in [0.4, 0.5) is 15.8 Å². The highest BCUT2D eigenvalue weighted by Crippen LogP contribution is 2.51. The first-order valence-electron chi connectivity index (χ1n) is 7.61. The van der Waals surface area contributed by atoms with Crippen LogP contribution in [0.2, 0.25) is 0 Å². The number of nitro benzene ring substituents is 1. The fraction of sp³-hybridized carbons (Fsp3) is 0.222. The molecule has 0 unspecified atom stereocenters. The van der Waals surface area contributed by atoms with Crippen LogP contribution in [-0.2, 0) is 0 Å². The first-order chi connectivity index (χ1) is 11.2. The minimum atomic E-state index is -0.370. The van der Waals surface area contributed by atoms with Gasteiger partial charge < -0.3 is 5.32 Å². The van der Waals surface area contributed by atoms with Gasteiger partial charge in [-0.2, -0.15) is 0 Å². The van der Waals surface area contributed by atoms with Gasteiger partial charge in [-0.25, -0.2) is 4.39 Å². The Morgan fingerprint density at radius 2 is 1.91 bits per heavy atom. The summed E-state index contributed by atoms with van der Waals surface area (Å²) in [5.41, 5.74) is 2.09. The number of para-hydroxylation sites is 2. The quantitative estimate of drug-likeness (QED) is 0.502. The van der Waals surface area contributed by atoms with E-state index >= 15 is 0 Å². The molecule has 4 nitrogen and oxygen atoms in total. The SMILES string of the molecule is O=[N+]([O-])c1ccccc1[C@@H]1Nc2c(F)cccc2[C@H]2C=CC[C@@H]21. The molecule has 116 valence electrons. The molecule has 0 bridgehead atoms. The summed E-state index contributed by atoms with van der Waals surface area (Å²) in [5.74, 6) is -0.0676. The summed E-state index contributed by atoms with van der Waals surface area (Å²) in [5, 5.41) is 14.6. The summed E-state index contributed by atoms with van der Waals surface area (Å²) in [6.07, 6.45) is 4.99. The average Bonchev–Trinajstić information content (AvgIpc) is 3.04. The van der Waals surface area contributed by atoms with E-state index in [0.29, 0.717) is 11.3 Å². The number of nitrogens with one attached hydrogen (secondary N) is 1. The number of halogens is 1. The van der Waals surface area contributed by atoms with Crippen molar-refractivity contribution in [1.82, 2.24) is 0 Å². The third-order valence-electron chi connectivity index (χ3n) is 4.81. The second-order valence-corrected chi connectivity index (χ2v) is 6.00. The third kappa shape index (κ3) is 2.11. The molecule has 1 heterocycles. The lowest BCUT2D eigenvalue weighted by Gasteiger charge is -2.37. The highest BCUT2D eigenvalue weighted by Gasteiger charge is 2.40. The van der Waals surface area contributed by atoms with Crippen LogP contribution >= 0.6 is 0 Å². The van der Waals surface area contributed by atoms with Gasteiger partial charge >= 0.3 is 0 Å². The zero-order chi connectivity index (χ0) is 16.0. The molecule has 0 fully saturated rings. The molecule has 0 saturated carbocycles. The van der Waals surface area contributed by atoms with Gasteiger partial charge in [0, 0.05) is 12.0 Å². The monoisotopic (exact) mass is 310 g/mol. The Bertz CT molecular complexity index is 818. The molecular weight excluding hydrogens is 295 g/mol. The van der Waals surface area contributed by atoms with Gasteiger partial charge in [-0.1, -0.05) is 42.5 Å². The highest BCUT2D eigenvalue weighted by atomic mass is 19.1. The van der Waals surface area contributed by atoms with Crippen LogP contribution in [-0.4, -0.2) is 4.92 Å². The van der Waals surface area contributed by atoms with Gasteiger partial charge in [0.15, 0.2) is 0 Å². The Labute approximate surface area is 132 Å². The van der Waals surface area contributed by atoms with Crippen molar-refractivity contribution in [1.29, 1.82) is 0 Å². The van der Waals surface area contributed by atoms with Gasteiger partial charge in [-0.3, -0.25) is 10.1 Å². The predicted molar refractivity (Wildman–Crippen MR) is 85.8 cm³/mol. The van der Waals surface area contributed by atoms with E-state index in [4.69, 9.17) is 0 Å². The molecule has 5 heteroatoms. The fourth-order valence-corrected chi connectivity index (χ4v) is 3.81. The Hall–Kier alpha value is -2.69. The van der Waals surface area contributed by atoms with Crippen molar-refractivity contribution in [2.45, 2.75) is 18.4 Å². The van der Waals surface area contributed by atoms with E-state index in [1.165, 1.54) is 12.1 Å². The van der Waals surface area contributed by atoms with Crippen molar-refractivity contribution in [3.8, 4) is 0 Å². The normalized spacial score (nSPS) is 24.7. The number of nitrogens with zero attached hydrogens (tertiary/aromatic N) is 1. The second-order valence-electron chi connectivity index (χ2n) is 6.00. The summed E-state index contributed by atoms with van der Waals surface area (Å²) < 4.78 is 14.3. The first kappa shape index (κ1) is 13.9. The molecule has 0 amide bonds. The van der Waals surface area contributed by atoms with Crippen molar-refractivity contribution < 1.29 is 9.31 Å². The van der Waals surface area contributed by atoms with Crippen molar-refractivity contribution in [2.75, 3.05) is 5.32 Å². The summed E-state index contributed by atoms with van der Waals surface area (Å²) >= 11 is 0. The number of anilines is 1. The van der Waals surface area contributed by atoms with Crippen LogP contribution in [0.15, 0.2) is 54.6 Å². The molecule has 2 aromatic rings. The maximum atomic E-state index is 14.3. The van der Waals surface area contributed by atoms with Crippen LogP contribution in [0.25, 0.3) is 0 Å². The lowest BCUT2D eigenvalue weighted by Crippen LogP contribution is -2.30. The van der Waals surface area contributed by atoms with Crippen LogP contribution in [0.1, 0.15) is 29.5 Å². The van der Waals surface area contributed by atoms with E-state index in [9.17, 15) is 14.5 Å². The molecule has 4 rings (SSSR count). The van der Waals surface area contributed by atoms with Gasteiger partial charge in [0.05, 0.1) is 22.2 Å². The Balaban J connectivity index is 1.86. The first-order valence-corrected chi connectivity index (χ1v) is 7.61. The largest absolute Gasteiger partial charge is 0.375 e. The van der Waals surface area contributed by atoms with Gasteiger partial charge in [0.1, 0.15) is 5.82 Å². The molecule has 0 aromatic heterocycles.